The van der Waals surface area contributed by atoms with E-state index in [2.05, 4.69) is 5.32 Å². The van der Waals surface area contributed by atoms with E-state index >= 15 is 0 Å². The van der Waals surface area contributed by atoms with Gasteiger partial charge in [0.15, 0.2) is 11.5 Å². The molecule has 2 aromatic carbocycles. The first-order chi connectivity index (χ1) is 10.8. The SMILES string of the molecule is COc1ccc(C(=O)Nc2ccc(C(F)(F)F)cc2)cc1OC. The van der Waals surface area contributed by atoms with Crippen LogP contribution in [0, 0.1) is 0 Å². The van der Waals surface area contributed by atoms with Crippen molar-refractivity contribution in [3.8, 4) is 11.5 Å². The number of nitrogens with one attached hydrogen (secondary N) is 1. The van der Waals surface area contributed by atoms with Gasteiger partial charge in [0.05, 0.1) is 19.8 Å². The second-order valence-corrected chi connectivity index (χ2v) is 4.60. The average Bonchev–Trinajstić information content (AvgIpc) is 2.53. The molecular formula is C16H14F3NO3. The van der Waals surface area contributed by atoms with Gasteiger partial charge in [0.1, 0.15) is 0 Å². The van der Waals surface area contributed by atoms with Crippen molar-refractivity contribution >= 4 is 11.6 Å². The molecule has 0 spiro atoms. The van der Waals surface area contributed by atoms with Gasteiger partial charge in [-0.25, -0.2) is 0 Å². The molecule has 0 saturated carbocycles. The number of hydrogen-bond acceptors (Lipinski definition) is 3. The minimum atomic E-state index is -4.41. The Labute approximate surface area is 130 Å². The summed E-state index contributed by atoms with van der Waals surface area (Å²) < 4.78 is 47.6. The standard InChI is InChI=1S/C16H14F3NO3/c1-22-13-8-3-10(9-14(13)23-2)15(21)20-12-6-4-11(5-7-12)16(17,18)19/h3-9H,1-2H3,(H,20,21). The highest BCUT2D eigenvalue weighted by Crippen LogP contribution is 2.30. The molecule has 1 amide bonds. The van der Waals surface area contributed by atoms with Crippen LogP contribution < -0.4 is 14.8 Å². The van der Waals surface area contributed by atoms with Gasteiger partial charge in [0.25, 0.3) is 5.91 Å². The molecule has 0 unspecified atom stereocenters. The lowest BCUT2D eigenvalue weighted by Crippen LogP contribution is -2.12. The van der Waals surface area contributed by atoms with Crippen LogP contribution in [0.25, 0.3) is 0 Å². The Morgan fingerprint density at radius 2 is 1.57 bits per heavy atom. The number of ether oxygens (including phenoxy) is 2. The first kappa shape index (κ1) is 16.7. The molecule has 7 heteroatoms. The zero-order valence-corrected chi connectivity index (χ0v) is 12.4. The molecule has 0 aromatic heterocycles. The summed E-state index contributed by atoms with van der Waals surface area (Å²) in [5, 5.41) is 2.52. The van der Waals surface area contributed by atoms with Gasteiger partial charge in [0.2, 0.25) is 0 Å². The van der Waals surface area contributed by atoms with Crippen LogP contribution in [0.5, 0.6) is 11.5 Å². The normalized spacial score (nSPS) is 11.0. The summed E-state index contributed by atoms with van der Waals surface area (Å²) in [4.78, 5) is 12.1. The molecule has 0 aliphatic heterocycles. The van der Waals surface area contributed by atoms with Gasteiger partial charge < -0.3 is 14.8 Å². The van der Waals surface area contributed by atoms with Crippen LogP contribution in [-0.2, 0) is 6.18 Å². The third-order valence-electron chi connectivity index (χ3n) is 3.12. The molecule has 122 valence electrons. The zero-order chi connectivity index (χ0) is 17.0. The van der Waals surface area contributed by atoms with E-state index in [1.54, 1.807) is 6.07 Å². The molecular weight excluding hydrogens is 311 g/mol. The van der Waals surface area contributed by atoms with Gasteiger partial charge in [0, 0.05) is 11.3 Å². The highest BCUT2D eigenvalue weighted by Gasteiger charge is 2.30. The van der Waals surface area contributed by atoms with Crippen LogP contribution in [-0.4, -0.2) is 20.1 Å². The van der Waals surface area contributed by atoms with Crippen molar-refractivity contribution in [2.45, 2.75) is 6.18 Å². The maximum Gasteiger partial charge on any atom is 0.416 e. The average molecular weight is 325 g/mol. The van der Waals surface area contributed by atoms with Crippen LogP contribution >= 0.6 is 0 Å². The Balaban J connectivity index is 2.16. The second kappa shape index (κ2) is 6.60. The predicted octanol–water partition coefficient (Wildman–Crippen LogP) is 3.97. The predicted molar refractivity (Wildman–Crippen MR) is 78.9 cm³/mol. The molecule has 0 aliphatic carbocycles. The van der Waals surface area contributed by atoms with E-state index in [0.717, 1.165) is 12.1 Å². The van der Waals surface area contributed by atoms with Gasteiger partial charge in [-0.1, -0.05) is 0 Å². The van der Waals surface area contributed by atoms with E-state index < -0.39 is 17.6 Å². The van der Waals surface area contributed by atoms with Gasteiger partial charge in [-0.05, 0) is 42.5 Å². The Morgan fingerprint density at radius 1 is 0.957 bits per heavy atom. The number of amides is 1. The number of carbonyl (C=O) groups excluding carboxylic acids is 1. The lowest BCUT2D eigenvalue weighted by Gasteiger charge is -2.11. The zero-order valence-electron chi connectivity index (χ0n) is 12.4. The molecule has 2 rings (SSSR count). The smallest absolute Gasteiger partial charge is 0.416 e. The topological polar surface area (TPSA) is 47.6 Å². The molecule has 2 aromatic rings. The molecule has 0 fully saturated rings. The Kier molecular flexibility index (Phi) is 4.78. The lowest BCUT2D eigenvalue weighted by molar-refractivity contribution is -0.137. The number of anilines is 1. The molecule has 0 atom stereocenters. The van der Waals surface area contributed by atoms with Crippen molar-refractivity contribution in [2.24, 2.45) is 0 Å². The molecule has 0 radical (unpaired) electrons. The Morgan fingerprint density at radius 3 is 2.09 bits per heavy atom. The van der Waals surface area contributed by atoms with Crippen LogP contribution in [0.3, 0.4) is 0 Å². The van der Waals surface area contributed by atoms with Gasteiger partial charge in [-0.15, -0.1) is 0 Å². The summed E-state index contributed by atoms with van der Waals surface area (Å²) in [5.41, 5.74) is -0.220. The maximum absolute atomic E-state index is 12.5. The second-order valence-electron chi connectivity index (χ2n) is 4.60. The monoisotopic (exact) mass is 325 g/mol. The largest absolute Gasteiger partial charge is 0.493 e. The van der Waals surface area contributed by atoms with E-state index in [1.165, 1.54) is 38.5 Å². The third-order valence-corrected chi connectivity index (χ3v) is 3.12. The number of benzene rings is 2. The van der Waals surface area contributed by atoms with Gasteiger partial charge in [-0.2, -0.15) is 13.2 Å². The van der Waals surface area contributed by atoms with Crippen molar-refractivity contribution < 1.29 is 27.4 Å². The fourth-order valence-electron chi connectivity index (χ4n) is 1.92. The number of methoxy groups -OCH3 is 2. The number of hydrogen-bond donors (Lipinski definition) is 1. The van der Waals surface area contributed by atoms with Crippen LogP contribution in [0.15, 0.2) is 42.5 Å². The van der Waals surface area contributed by atoms with E-state index in [0.29, 0.717) is 17.1 Å². The summed E-state index contributed by atoms with van der Waals surface area (Å²) in [6.07, 6.45) is -4.41. The minimum absolute atomic E-state index is 0.262. The van der Waals surface area contributed by atoms with E-state index in [4.69, 9.17) is 9.47 Å². The summed E-state index contributed by atoms with van der Waals surface area (Å²) in [7, 11) is 2.91. The number of carbonyl (C=O) groups is 1. The van der Waals surface area contributed by atoms with Crippen molar-refractivity contribution in [1.82, 2.24) is 0 Å². The summed E-state index contributed by atoms with van der Waals surface area (Å²) in [6.45, 7) is 0. The van der Waals surface area contributed by atoms with Crippen LogP contribution in [0.4, 0.5) is 18.9 Å². The quantitative estimate of drug-likeness (QED) is 0.925. The molecule has 1 N–H and O–H groups in total. The molecule has 0 heterocycles. The first-order valence-corrected chi connectivity index (χ1v) is 6.56. The number of rotatable bonds is 4. The Bertz CT molecular complexity index is 697. The van der Waals surface area contributed by atoms with Crippen molar-refractivity contribution in [3.05, 3.63) is 53.6 Å². The fourth-order valence-corrected chi connectivity index (χ4v) is 1.92. The fraction of sp³-hybridized carbons (Fsp3) is 0.188. The Hall–Kier alpha value is -2.70. The van der Waals surface area contributed by atoms with E-state index in [1.807, 2.05) is 0 Å². The van der Waals surface area contributed by atoms with Crippen molar-refractivity contribution in [2.75, 3.05) is 19.5 Å². The van der Waals surface area contributed by atoms with E-state index in [9.17, 15) is 18.0 Å². The molecule has 0 aliphatic rings. The van der Waals surface area contributed by atoms with Gasteiger partial charge in [-0.3, -0.25) is 4.79 Å². The minimum Gasteiger partial charge on any atom is -0.493 e. The highest BCUT2D eigenvalue weighted by molar-refractivity contribution is 6.04. The van der Waals surface area contributed by atoms with Crippen LogP contribution in [0.1, 0.15) is 15.9 Å². The number of alkyl halides is 3. The molecule has 0 saturated heterocycles. The highest BCUT2D eigenvalue weighted by atomic mass is 19.4. The van der Waals surface area contributed by atoms with Crippen molar-refractivity contribution in [3.63, 3.8) is 0 Å². The first-order valence-electron chi connectivity index (χ1n) is 6.56. The van der Waals surface area contributed by atoms with Gasteiger partial charge >= 0.3 is 6.18 Å². The summed E-state index contributed by atoms with van der Waals surface area (Å²) >= 11 is 0. The summed E-state index contributed by atoms with van der Waals surface area (Å²) in [6, 6.07) is 8.79. The third kappa shape index (κ3) is 3.94. The van der Waals surface area contributed by atoms with E-state index in [-0.39, 0.29) is 5.69 Å². The van der Waals surface area contributed by atoms with Crippen LogP contribution in [0.2, 0.25) is 0 Å². The molecule has 23 heavy (non-hydrogen) atoms. The van der Waals surface area contributed by atoms with Crippen molar-refractivity contribution in [1.29, 1.82) is 0 Å². The molecule has 4 nitrogen and oxygen atoms in total. The summed E-state index contributed by atoms with van der Waals surface area (Å²) in [5.74, 6) is 0.386. The molecule has 0 bridgehead atoms. The maximum atomic E-state index is 12.5. The lowest BCUT2D eigenvalue weighted by atomic mass is 10.1. The number of halogens is 3.